The van der Waals surface area contributed by atoms with Crippen LogP contribution in [0.3, 0.4) is 0 Å². The van der Waals surface area contributed by atoms with Gasteiger partial charge in [-0.3, -0.25) is 0 Å². The van der Waals surface area contributed by atoms with Gasteiger partial charge in [-0.15, -0.1) is 0 Å². The van der Waals surface area contributed by atoms with Crippen LogP contribution in [-0.2, 0) is 4.74 Å². The summed E-state index contributed by atoms with van der Waals surface area (Å²) in [6.07, 6.45) is 5.47. The van der Waals surface area contributed by atoms with Gasteiger partial charge in [0, 0.05) is 18.2 Å². The number of hydrogen-bond acceptors (Lipinski definition) is 2. The number of halogens is 1. The molecule has 0 amide bonds. The van der Waals surface area contributed by atoms with E-state index in [2.05, 4.69) is 0 Å². The highest BCUT2D eigenvalue weighted by molar-refractivity contribution is 5.27. The van der Waals surface area contributed by atoms with Gasteiger partial charge in [-0.1, -0.05) is 17.7 Å². The summed E-state index contributed by atoms with van der Waals surface area (Å²) in [4.78, 5) is 0. The van der Waals surface area contributed by atoms with E-state index in [4.69, 9.17) is 10.5 Å². The summed E-state index contributed by atoms with van der Waals surface area (Å²) in [5.74, 6) is 0.164. The Balaban J connectivity index is 1.79. The third-order valence-electron chi connectivity index (χ3n) is 4.81. The molecule has 19 heavy (non-hydrogen) atoms. The van der Waals surface area contributed by atoms with Crippen molar-refractivity contribution in [1.29, 1.82) is 0 Å². The number of aryl methyl sites for hydroxylation is 1. The third kappa shape index (κ3) is 2.41. The molecule has 1 aliphatic heterocycles. The minimum atomic E-state index is -0.207. The van der Waals surface area contributed by atoms with Gasteiger partial charge < -0.3 is 10.5 Å². The molecule has 1 saturated carbocycles. The molecule has 1 saturated heterocycles. The normalized spacial score (nSPS) is 27.0. The van der Waals surface area contributed by atoms with Crippen LogP contribution in [0.4, 0.5) is 4.39 Å². The van der Waals surface area contributed by atoms with Gasteiger partial charge in [0.2, 0.25) is 0 Å². The quantitative estimate of drug-likeness (QED) is 0.886. The minimum absolute atomic E-state index is 0.0703. The molecule has 3 heteroatoms. The molecule has 0 bridgehead atoms. The van der Waals surface area contributed by atoms with Crippen LogP contribution in [0.5, 0.6) is 0 Å². The largest absolute Gasteiger partial charge is 0.375 e. The van der Waals surface area contributed by atoms with Crippen LogP contribution in [0, 0.1) is 18.7 Å². The molecule has 3 rings (SSSR count). The van der Waals surface area contributed by atoms with Gasteiger partial charge >= 0.3 is 0 Å². The Morgan fingerprint density at radius 1 is 1.42 bits per heavy atom. The highest BCUT2D eigenvalue weighted by Crippen LogP contribution is 2.46. The molecule has 1 aromatic rings. The van der Waals surface area contributed by atoms with E-state index >= 15 is 0 Å². The molecular formula is C16H22FNO. The summed E-state index contributed by atoms with van der Waals surface area (Å²) in [6.45, 7) is 2.75. The SMILES string of the molecule is Cc1ccc(F)c(C(N)C2CCOC3(CCC3)C2)c1. The average Bonchev–Trinajstić information content (AvgIpc) is 2.39. The van der Waals surface area contributed by atoms with Crippen LogP contribution in [0.1, 0.15) is 49.3 Å². The Morgan fingerprint density at radius 3 is 2.89 bits per heavy atom. The lowest BCUT2D eigenvalue weighted by atomic mass is 9.70. The second-order valence-electron chi connectivity index (χ2n) is 6.19. The van der Waals surface area contributed by atoms with Crippen LogP contribution in [0.25, 0.3) is 0 Å². The second kappa shape index (κ2) is 4.88. The molecule has 2 aliphatic rings. The van der Waals surface area contributed by atoms with Crippen molar-refractivity contribution < 1.29 is 9.13 Å². The highest BCUT2D eigenvalue weighted by Gasteiger charge is 2.44. The summed E-state index contributed by atoms with van der Waals surface area (Å²) >= 11 is 0. The molecule has 1 aromatic carbocycles. The highest BCUT2D eigenvalue weighted by atomic mass is 19.1. The smallest absolute Gasteiger partial charge is 0.127 e. The van der Waals surface area contributed by atoms with E-state index < -0.39 is 0 Å². The first-order valence-corrected chi connectivity index (χ1v) is 7.25. The molecule has 1 aliphatic carbocycles. The average molecular weight is 263 g/mol. The zero-order valence-electron chi connectivity index (χ0n) is 11.5. The Morgan fingerprint density at radius 2 is 2.21 bits per heavy atom. The minimum Gasteiger partial charge on any atom is -0.375 e. The summed E-state index contributed by atoms with van der Waals surface area (Å²) < 4.78 is 19.9. The zero-order chi connectivity index (χ0) is 13.5. The fraction of sp³-hybridized carbons (Fsp3) is 0.625. The molecular weight excluding hydrogens is 241 g/mol. The number of rotatable bonds is 2. The molecule has 2 nitrogen and oxygen atoms in total. The predicted octanol–water partition coefficient (Wildman–Crippen LogP) is 3.48. The summed E-state index contributed by atoms with van der Waals surface area (Å²) in [6, 6.07) is 5.01. The predicted molar refractivity (Wildman–Crippen MR) is 73.3 cm³/mol. The summed E-state index contributed by atoms with van der Waals surface area (Å²) in [5, 5.41) is 0. The maximum atomic E-state index is 14.0. The number of hydrogen-bond donors (Lipinski definition) is 1. The maximum Gasteiger partial charge on any atom is 0.127 e. The van der Waals surface area contributed by atoms with Crippen LogP contribution in [0.2, 0.25) is 0 Å². The van der Waals surface area contributed by atoms with E-state index in [-0.39, 0.29) is 17.5 Å². The van der Waals surface area contributed by atoms with Gasteiger partial charge in [0.1, 0.15) is 5.82 Å². The number of ether oxygens (including phenoxy) is 1. The van der Waals surface area contributed by atoms with Crippen molar-refractivity contribution in [3.63, 3.8) is 0 Å². The van der Waals surface area contributed by atoms with Crippen molar-refractivity contribution in [2.75, 3.05) is 6.61 Å². The lowest BCUT2D eigenvalue weighted by molar-refractivity contribution is -0.146. The molecule has 1 spiro atoms. The first-order chi connectivity index (χ1) is 9.10. The zero-order valence-corrected chi connectivity index (χ0v) is 11.5. The van der Waals surface area contributed by atoms with Crippen molar-refractivity contribution in [3.05, 3.63) is 35.1 Å². The van der Waals surface area contributed by atoms with Crippen molar-refractivity contribution in [2.45, 2.75) is 50.7 Å². The molecule has 2 unspecified atom stereocenters. The van der Waals surface area contributed by atoms with E-state index in [0.29, 0.717) is 11.5 Å². The van der Waals surface area contributed by atoms with Gasteiger partial charge in [0.25, 0.3) is 0 Å². The Bertz CT molecular complexity index is 470. The Hall–Kier alpha value is -0.930. The Kier molecular flexibility index (Phi) is 3.35. The standard InChI is InChI=1S/C16H22FNO/c1-11-3-4-14(17)13(9-11)15(18)12-5-8-19-16(10-12)6-2-7-16/h3-4,9,12,15H,2,5-8,10,18H2,1H3. The molecule has 2 N–H and O–H groups in total. The van der Waals surface area contributed by atoms with Crippen LogP contribution >= 0.6 is 0 Å². The van der Waals surface area contributed by atoms with Crippen LogP contribution in [0.15, 0.2) is 18.2 Å². The molecule has 0 aromatic heterocycles. The lowest BCUT2D eigenvalue weighted by Gasteiger charge is -2.48. The monoisotopic (exact) mass is 263 g/mol. The van der Waals surface area contributed by atoms with Gasteiger partial charge in [0.05, 0.1) is 5.60 Å². The molecule has 0 radical (unpaired) electrons. The van der Waals surface area contributed by atoms with E-state index in [1.54, 1.807) is 6.07 Å². The van der Waals surface area contributed by atoms with Crippen LogP contribution < -0.4 is 5.73 Å². The number of benzene rings is 1. The summed E-state index contributed by atoms with van der Waals surface area (Å²) in [5.41, 5.74) is 8.15. The van der Waals surface area contributed by atoms with Gasteiger partial charge in [0.15, 0.2) is 0 Å². The molecule has 1 heterocycles. The number of nitrogens with two attached hydrogens (primary N) is 1. The first kappa shape index (κ1) is 13.1. The first-order valence-electron chi connectivity index (χ1n) is 7.25. The molecule has 104 valence electrons. The molecule has 2 atom stereocenters. The summed E-state index contributed by atoms with van der Waals surface area (Å²) in [7, 11) is 0. The van der Waals surface area contributed by atoms with Gasteiger partial charge in [-0.2, -0.15) is 0 Å². The van der Waals surface area contributed by atoms with E-state index in [0.717, 1.165) is 37.9 Å². The van der Waals surface area contributed by atoms with Gasteiger partial charge in [-0.05, 0) is 51.0 Å². The van der Waals surface area contributed by atoms with E-state index in [1.165, 1.54) is 12.5 Å². The van der Waals surface area contributed by atoms with Crippen molar-refractivity contribution in [1.82, 2.24) is 0 Å². The van der Waals surface area contributed by atoms with Crippen LogP contribution in [-0.4, -0.2) is 12.2 Å². The lowest BCUT2D eigenvalue weighted by Crippen LogP contribution is -2.47. The fourth-order valence-electron chi connectivity index (χ4n) is 3.46. The topological polar surface area (TPSA) is 35.2 Å². The Labute approximate surface area is 114 Å². The van der Waals surface area contributed by atoms with E-state index in [1.807, 2.05) is 13.0 Å². The third-order valence-corrected chi connectivity index (χ3v) is 4.81. The van der Waals surface area contributed by atoms with Crippen molar-refractivity contribution in [3.8, 4) is 0 Å². The fourth-order valence-corrected chi connectivity index (χ4v) is 3.46. The second-order valence-corrected chi connectivity index (χ2v) is 6.19. The van der Waals surface area contributed by atoms with Crippen molar-refractivity contribution in [2.24, 2.45) is 11.7 Å². The van der Waals surface area contributed by atoms with Gasteiger partial charge in [-0.25, -0.2) is 4.39 Å². The van der Waals surface area contributed by atoms with Crippen molar-refractivity contribution >= 4 is 0 Å². The maximum absolute atomic E-state index is 14.0. The molecule has 2 fully saturated rings. The van der Waals surface area contributed by atoms with E-state index in [9.17, 15) is 4.39 Å².